The minimum Gasteiger partial charge on any atom is -0.481 e. The second-order valence-corrected chi connectivity index (χ2v) is 8.37. The van der Waals surface area contributed by atoms with E-state index < -0.39 is 29.9 Å². The van der Waals surface area contributed by atoms with Gasteiger partial charge in [-0.15, -0.1) is 0 Å². The van der Waals surface area contributed by atoms with Crippen LogP contribution in [0, 0.1) is 0 Å². The van der Waals surface area contributed by atoms with Crippen molar-refractivity contribution in [2.45, 2.75) is 18.4 Å². The van der Waals surface area contributed by atoms with Crippen LogP contribution in [0.5, 0.6) is 0 Å². The predicted molar refractivity (Wildman–Crippen MR) is 125 cm³/mol. The minimum absolute atomic E-state index is 0.0909. The highest BCUT2D eigenvalue weighted by Crippen LogP contribution is 2.44. The highest BCUT2D eigenvalue weighted by Gasteiger charge is 2.30. The molecule has 2 aliphatic rings. The number of carbonyl (C=O) groups excluding carboxylic acids is 3. The Kier molecular flexibility index (Phi) is 7.61. The third-order valence-electron chi connectivity index (χ3n) is 6.13. The molecule has 0 saturated carbocycles. The van der Waals surface area contributed by atoms with Gasteiger partial charge in [0.2, 0.25) is 11.8 Å². The molecule has 1 atom stereocenters. The van der Waals surface area contributed by atoms with Crippen LogP contribution in [-0.2, 0) is 23.9 Å². The predicted octanol–water partition coefficient (Wildman–Crippen LogP) is 1.34. The normalized spacial score (nSPS) is 16.7. The summed E-state index contributed by atoms with van der Waals surface area (Å²) in [4.78, 5) is 49.1. The van der Waals surface area contributed by atoms with Crippen molar-refractivity contribution in [1.82, 2.24) is 15.5 Å². The van der Waals surface area contributed by atoms with Crippen LogP contribution in [-0.4, -0.2) is 79.4 Å². The topological polar surface area (TPSA) is 134 Å². The smallest absolute Gasteiger partial charge is 0.407 e. The summed E-state index contributed by atoms with van der Waals surface area (Å²) in [6.45, 7) is 0.161. The number of carbonyl (C=O) groups is 4. The van der Waals surface area contributed by atoms with Crippen molar-refractivity contribution in [2.24, 2.45) is 0 Å². The Hall–Kier alpha value is -3.92. The third kappa shape index (κ3) is 5.78. The standard InChI is InChI=1S/C25H27N3O7/c29-22(26-13-23(30)28-9-10-34-14-16(28)11-24(31)32)12-27-25(33)35-15-21-19-7-3-1-5-17(19)18-6-2-4-8-20(18)21/h1-8,16,21H,9-15H2,(H,26,29)(H,27,33)(H,31,32). The molecule has 1 fully saturated rings. The average molecular weight is 482 g/mol. The van der Waals surface area contributed by atoms with Crippen LogP contribution in [0.25, 0.3) is 11.1 Å². The van der Waals surface area contributed by atoms with Gasteiger partial charge in [-0.1, -0.05) is 48.5 Å². The van der Waals surface area contributed by atoms with E-state index in [2.05, 4.69) is 10.6 Å². The van der Waals surface area contributed by atoms with Gasteiger partial charge < -0.3 is 30.1 Å². The number of benzene rings is 2. The van der Waals surface area contributed by atoms with Crippen molar-refractivity contribution in [2.75, 3.05) is 39.5 Å². The first-order chi connectivity index (χ1) is 16.9. The number of nitrogens with zero attached hydrogens (tertiary/aromatic N) is 1. The first kappa shape index (κ1) is 24.2. The number of hydrogen-bond acceptors (Lipinski definition) is 6. The molecular formula is C25H27N3O7. The lowest BCUT2D eigenvalue weighted by atomic mass is 9.98. The van der Waals surface area contributed by atoms with Gasteiger partial charge in [0, 0.05) is 12.5 Å². The molecule has 1 heterocycles. The van der Waals surface area contributed by atoms with Crippen molar-refractivity contribution in [1.29, 1.82) is 0 Å². The molecule has 1 aliphatic heterocycles. The van der Waals surface area contributed by atoms with E-state index in [1.807, 2.05) is 48.5 Å². The number of carboxylic acid groups (broad SMARTS) is 1. The summed E-state index contributed by atoms with van der Waals surface area (Å²) in [6.07, 6.45) is -0.966. The molecular weight excluding hydrogens is 454 g/mol. The van der Waals surface area contributed by atoms with Crippen LogP contribution < -0.4 is 10.6 Å². The van der Waals surface area contributed by atoms with Crippen LogP contribution in [0.1, 0.15) is 23.5 Å². The first-order valence-electron chi connectivity index (χ1n) is 11.4. The summed E-state index contributed by atoms with van der Waals surface area (Å²) in [7, 11) is 0. The summed E-state index contributed by atoms with van der Waals surface area (Å²) in [5.41, 5.74) is 4.41. The maximum absolute atomic E-state index is 12.4. The van der Waals surface area contributed by atoms with Crippen molar-refractivity contribution in [3.05, 3.63) is 59.7 Å². The quantitative estimate of drug-likeness (QED) is 0.518. The zero-order valence-corrected chi connectivity index (χ0v) is 19.1. The van der Waals surface area contributed by atoms with Gasteiger partial charge in [-0.3, -0.25) is 14.4 Å². The second kappa shape index (κ2) is 11.0. The van der Waals surface area contributed by atoms with Gasteiger partial charge in [-0.2, -0.15) is 0 Å². The number of aliphatic carboxylic acids is 1. The molecule has 0 bridgehead atoms. The Morgan fingerprint density at radius 2 is 1.63 bits per heavy atom. The number of nitrogens with one attached hydrogen (secondary N) is 2. The lowest BCUT2D eigenvalue weighted by Gasteiger charge is -2.34. The van der Waals surface area contributed by atoms with Gasteiger partial charge in [0.25, 0.3) is 0 Å². The fourth-order valence-electron chi connectivity index (χ4n) is 4.49. The molecule has 2 aromatic carbocycles. The van der Waals surface area contributed by atoms with E-state index in [0.717, 1.165) is 22.3 Å². The molecule has 3 N–H and O–H groups in total. The van der Waals surface area contributed by atoms with Gasteiger partial charge in [0.15, 0.2) is 0 Å². The fourth-order valence-corrected chi connectivity index (χ4v) is 4.49. The maximum atomic E-state index is 12.4. The molecule has 0 aromatic heterocycles. The summed E-state index contributed by atoms with van der Waals surface area (Å²) < 4.78 is 10.6. The highest BCUT2D eigenvalue weighted by molar-refractivity contribution is 5.87. The lowest BCUT2D eigenvalue weighted by Crippen LogP contribution is -2.53. The molecule has 3 amide bonds. The summed E-state index contributed by atoms with van der Waals surface area (Å²) in [5.74, 6) is -2.09. The lowest BCUT2D eigenvalue weighted by molar-refractivity contribution is -0.146. The number of rotatable bonds is 8. The summed E-state index contributed by atoms with van der Waals surface area (Å²) in [6, 6.07) is 15.4. The Morgan fingerprint density at radius 1 is 0.971 bits per heavy atom. The second-order valence-electron chi connectivity index (χ2n) is 8.37. The molecule has 184 valence electrons. The van der Waals surface area contributed by atoms with Crippen LogP contribution in [0.15, 0.2) is 48.5 Å². The Balaban J connectivity index is 1.22. The monoisotopic (exact) mass is 481 g/mol. The molecule has 4 rings (SSSR count). The average Bonchev–Trinajstić information content (AvgIpc) is 3.18. The zero-order valence-electron chi connectivity index (χ0n) is 19.1. The van der Waals surface area contributed by atoms with Gasteiger partial charge in [-0.25, -0.2) is 4.79 Å². The van der Waals surface area contributed by atoms with Gasteiger partial charge in [0.05, 0.1) is 32.2 Å². The van der Waals surface area contributed by atoms with Crippen molar-refractivity contribution in [3.63, 3.8) is 0 Å². The van der Waals surface area contributed by atoms with Gasteiger partial charge >= 0.3 is 12.1 Å². The van der Waals surface area contributed by atoms with Crippen LogP contribution >= 0.6 is 0 Å². The number of amides is 3. The molecule has 0 radical (unpaired) electrons. The Bertz CT molecular complexity index is 1070. The minimum atomic E-state index is -1.03. The summed E-state index contributed by atoms with van der Waals surface area (Å²) in [5, 5.41) is 13.8. The third-order valence-corrected chi connectivity index (χ3v) is 6.13. The number of alkyl carbamates (subject to hydrolysis) is 1. The molecule has 1 saturated heterocycles. The molecule has 10 nitrogen and oxygen atoms in total. The first-order valence-corrected chi connectivity index (χ1v) is 11.4. The van der Waals surface area contributed by atoms with E-state index >= 15 is 0 Å². The maximum Gasteiger partial charge on any atom is 0.407 e. The summed E-state index contributed by atoms with van der Waals surface area (Å²) >= 11 is 0. The van der Waals surface area contributed by atoms with E-state index in [1.165, 1.54) is 4.90 Å². The fraction of sp³-hybridized carbons (Fsp3) is 0.360. The Morgan fingerprint density at radius 3 is 2.29 bits per heavy atom. The molecule has 35 heavy (non-hydrogen) atoms. The van der Waals surface area contributed by atoms with E-state index in [4.69, 9.17) is 14.6 Å². The number of carboxylic acids is 1. The largest absolute Gasteiger partial charge is 0.481 e. The molecule has 0 spiro atoms. The molecule has 1 aliphatic carbocycles. The van der Waals surface area contributed by atoms with Crippen molar-refractivity contribution in [3.8, 4) is 11.1 Å². The molecule has 1 unspecified atom stereocenters. The van der Waals surface area contributed by atoms with Crippen LogP contribution in [0.3, 0.4) is 0 Å². The van der Waals surface area contributed by atoms with E-state index in [-0.39, 0.29) is 45.2 Å². The SMILES string of the molecule is O=C(O)CC1COCCN1C(=O)CNC(=O)CNC(=O)OCC1c2ccccc2-c2ccccc21. The van der Waals surface area contributed by atoms with E-state index in [9.17, 15) is 19.2 Å². The number of morpholine rings is 1. The van der Waals surface area contributed by atoms with E-state index in [0.29, 0.717) is 6.61 Å². The molecule has 2 aromatic rings. The van der Waals surface area contributed by atoms with Crippen molar-refractivity contribution >= 4 is 23.9 Å². The number of hydrogen-bond donors (Lipinski definition) is 3. The van der Waals surface area contributed by atoms with Crippen LogP contribution in [0.2, 0.25) is 0 Å². The van der Waals surface area contributed by atoms with Crippen LogP contribution in [0.4, 0.5) is 4.79 Å². The van der Waals surface area contributed by atoms with E-state index in [1.54, 1.807) is 0 Å². The molecule has 10 heteroatoms. The van der Waals surface area contributed by atoms with Crippen molar-refractivity contribution < 1.29 is 33.8 Å². The number of fused-ring (bicyclic) bond motifs is 3. The van der Waals surface area contributed by atoms with Gasteiger partial charge in [0.1, 0.15) is 13.2 Å². The Labute approximate surface area is 202 Å². The highest BCUT2D eigenvalue weighted by atomic mass is 16.5. The number of ether oxygens (including phenoxy) is 2. The zero-order chi connectivity index (χ0) is 24.8. The van der Waals surface area contributed by atoms with Gasteiger partial charge in [-0.05, 0) is 22.3 Å².